The molecule has 1 aliphatic rings. The highest BCUT2D eigenvalue weighted by Gasteiger charge is 2.21. The number of nitrogens with zero attached hydrogens (tertiary/aromatic N) is 2. The van der Waals surface area contributed by atoms with Crippen LogP contribution in [0, 0.1) is 0 Å². The number of methoxy groups -OCH3 is 1. The number of hydrogen-bond acceptors (Lipinski definition) is 3. The summed E-state index contributed by atoms with van der Waals surface area (Å²) in [5.41, 5.74) is 1.96. The molecular weight excluding hydrogens is 282 g/mol. The van der Waals surface area contributed by atoms with Crippen molar-refractivity contribution < 1.29 is 14.3 Å². The van der Waals surface area contributed by atoms with Gasteiger partial charge < -0.3 is 19.5 Å². The van der Waals surface area contributed by atoms with Crippen molar-refractivity contribution in [2.24, 2.45) is 0 Å². The lowest BCUT2D eigenvalue weighted by Crippen LogP contribution is -2.48. The second kappa shape index (κ2) is 6.09. The molecule has 0 radical (unpaired) electrons. The lowest BCUT2D eigenvalue weighted by atomic mass is 10.1. The average molecular weight is 301 g/mol. The quantitative estimate of drug-likeness (QED) is 0.858. The molecule has 0 unspecified atom stereocenters. The Bertz CT molecular complexity index is 687. The lowest BCUT2D eigenvalue weighted by Gasteiger charge is -2.32. The maximum Gasteiger partial charge on any atom is 0.227 e. The standard InChI is InChI=1S/C16H19N3O3/c1-22-13-2-3-15-14(9-13)12(10-17-15)8-16(21)19-6-4-18(11-20)5-7-19/h2-3,9-11,17H,4-8H2,1H3. The van der Waals surface area contributed by atoms with E-state index < -0.39 is 0 Å². The number of rotatable bonds is 4. The first-order chi connectivity index (χ1) is 10.7. The van der Waals surface area contributed by atoms with Crippen LogP contribution < -0.4 is 4.74 Å². The summed E-state index contributed by atoms with van der Waals surface area (Å²) in [5, 5.41) is 1.01. The number of carbonyl (C=O) groups is 2. The monoisotopic (exact) mass is 301 g/mol. The Morgan fingerprint density at radius 2 is 2.09 bits per heavy atom. The van der Waals surface area contributed by atoms with Crippen LogP contribution in [0.3, 0.4) is 0 Å². The first-order valence-corrected chi connectivity index (χ1v) is 7.32. The molecule has 1 fully saturated rings. The molecule has 0 aliphatic carbocycles. The molecule has 6 nitrogen and oxygen atoms in total. The topological polar surface area (TPSA) is 65.6 Å². The summed E-state index contributed by atoms with van der Waals surface area (Å²) >= 11 is 0. The second-order valence-electron chi connectivity index (χ2n) is 5.42. The zero-order valence-electron chi connectivity index (χ0n) is 12.5. The highest BCUT2D eigenvalue weighted by atomic mass is 16.5. The van der Waals surface area contributed by atoms with Crippen molar-refractivity contribution in [3.63, 3.8) is 0 Å². The summed E-state index contributed by atoms with van der Waals surface area (Å²) in [4.78, 5) is 29.8. The van der Waals surface area contributed by atoms with Gasteiger partial charge in [-0.2, -0.15) is 0 Å². The van der Waals surface area contributed by atoms with E-state index in [-0.39, 0.29) is 5.91 Å². The fraction of sp³-hybridized carbons (Fsp3) is 0.375. The van der Waals surface area contributed by atoms with Crippen molar-refractivity contribution in [1.82, 2.24) is 14.8 Å². The summed E-state index contributed by atoms with van der Waals surface area (Å²) < 4.78 is 5.24. The van der Waals surface area contributed by atoms with Crippen LogP contribution in [0.2, 0.25) is 0 Å². The van der Waals surface area contributed by atoms with Crippen molar-refractivity contribution in [2.75, 3.05) is 33.3 Å². The van der Waals surface area contributed by atoms with E-state index in [0.29, 0.717) is 32.6 Å². The predicted molar refractivity (Wildman–Crippen MR) is 82.8 cm³/mol. The van der Waals surface area contributed by atoms with Crippen molar-refractivity contribution in [3.8, 4) is 5.75 Å². The van der Waals surface area contributed by atoms with Crippen LogP contribution in [0.1, 0.15) is 5.56 Å². The molecule has 6 heteroatoms. The minimum absolute atomic E-state index is 0.0919. The molecule has 2 amide bonds. The van der Waals surface area contributed by atoms with E-state index in [2.05, 4.69) is 4.98 Å². The highest BCUT2D eigenvalue weighted by molar-refractivity contribution is 5.89. The first-order valence-electron chi connectivity index (χ1n) is 7.32. The number of fused-ring (bicyclic) bond motifs is 1. The van der Waals surface area contributed by atoms with Crippen LogP contribution in [0.15, 0.2) is 24.4 Å². The van der Waals surface area contributed by atoms with Gasteiger partial charge in [-0.25, -0.2) is 0 Å². The number of aromatic amines is 1. The van der Waals surface area contributed by atoms with Gasteiger partial charge in [0.25, 0.3) is 0 Å². The number of amides is 2. The van der Waals surface area contributed by atoms with Gasteiger partial charge in [0, 0.05) is 43.3 Å². The summed E-state index contributed by atoms with van der Waals surface area (Å²) in [6.45, 7) is 2.42. The third-order valence-electron chi connectivity index (χ3n) is 4.13. The number of H-pyrrole nitrogens is 1. The molecule has 116 valence electrons. The summed E-state index contributed by atoms with van der Waals surface area (Å²) in [6, 6.07) is 5.78. The summed E-state index contributed by atoms with van der Waals surface area (Å²) in [5.74, 6) is 0.870. The molecule has 2 aromatic rings. The van der Waals surface area contributed by atoms with Crippen LogP contribution in [-0.2, 0) is 16.0 Å². The van der Waals surface area contributed by atoms with E-state index in [4.69, 9.17) is 4.74 Å². The molecule has 1 aromatic carbocycles. The van der Waals surface area contributed by atoms with Gasteiger partial charge in [0.15, 0.2) is 0 Å². The van der Waals surface area contributed by atoms with Crippen molar-refractivity contribution >= 4 is 23.2 Å². The van der Waals surface area contributed by atoms with Gasteiger partial charge in [-0.1, -0.05) is 0 Å². The lowest BCUT2D eigenvalue weighted by molar-refractivity contribution is -0.134. The zero-order valence-corrected chi connectivity index (χ0v) is 12.5. The molecule has 22 heavy (non-hydrogen) atoms. The van der Waals surface area contributed by atoms with Crippen LogP contribution in [-0.4, -0.2) is 60.4 Å². The van der Waals surface area contributed by atoms with Gasteiger partial charge >= 0.3 is 0 Å². The molecule has 1 aliphatic heterocycles. The molecule has 0 bridgehead atoms. The Hall–Kier alpha value is -2.50. The maximum absolute atomic E-state index is 12.4. The molecule has 0 atom stereocenters. The third-order valence-corrected chi connectivity index (χ3v) is 4.13. The molecule has 1 N–H and O–H groups in total. The largest absolute Gasteiger partial charge is 0.497 e. The average Bonchev–Trinajstić information content (AvgIpc) is 2.97. The number of piperazine rings is 1. The summed E-state index contributed by atoms with van der Waals surface area (Å²) in [6.07, 6.45) is 3.08. The minimum Gasteiger partial charge on any atom is -0.497 e. The van der Waals surface area contributed by atoms with E-state index in [1.807, 2.05) is 29.3 Å². The molecule has 0 saturated carbocycles. The Morgan fingerprint density at radius 3 is 2.77 bits per heavy atom. The van der Waals surface area contributed by atoms with Gasteiger partial charge in [0.2, 0.25) is 12.3 Å². The van der Waals surface area contributed by atoms with Gasteiger partial charge in [-0.3, -0.25) is 9.59 Å². The van der Waals surface area contributed by atoms with Crippen LogP contribution in [0.4, 0.5) is 0 Å². The molecule has 1 aromatic heterocycles. The van der Waals surface area contributed by atoms with Gasteiger partial charge in [-0.05, 0) is 23.8 Å². The fourth-order valence-corrected chi connectivity index (χ4v) is 2.78. The number of ether oxygens (including phenoxy) is 1. The second-order valence-corrected chi connectivity index (χ2v) is 5.42. The van der Waals surface area contributed by atoms with E-state index in [0.717, 1.165) is 28.6 Å². The summed E-state index contributed by atoms with van der Waals surface area (Å²) in [7, 11) is 1.63. The van der Waals surface area contributed by atoms with E-state index >= 15 is 0 Å². The predicted octanol–water partition coefficient (Wildman–Crippen LogP) is 1.02. The minimum atomic E-state index is 0.0919. The van der Waals surface area contributed by atoms with E-state index in [1.165, 1.54) is 0 Å². The highest BCUT2D eigenvalue weighted by Crippen LogP contribution is 2.24. The Labute approximate surface area is 128 Å². The zero-order chi connectivity index (χ0) is 15.5. The first kappa shape index (κ1) is 14.4. The number of carbonyl (C=O) groups excluding carboxylic acids is 2. The molecule has 3 rings (SSSR count). The van der Waals surface area contributed by atoms with Gasteiger partial charge in [0.05, 0.1) is 13.5 Å². The third kappa shape index (κ3) is 2.77. The number of benzene rings is 1. The van der Waals surface area contributed by atoms with Crippen LogP contribution in [0.5, 0.6) is 5.75 Å². The molecular formula is C16H19N3O3. The molecule has 2 heterocycles. The van der Waals surface area contributed by atoms with Crippen molar-refractivity contribution in [1.29, 1.82) is 0 Å². The van der Waals surface area contributed by atoms with Crippen molar-refractivity contribution in [3.05, 3.63) is 30.0 Å². The van der Waals surface area contributed by atoms with Crippen LogP contribution in [0.25, 0.3) is 10.9 Å². The molecule has 1 saturated heterocycles. The van der Waals surface area contributed by atoms with E-state index in [9.17, 15) is 9.59 Å². The number of hydrogen-bond donors (Lipinski definition) is 1. The Balaban J connectivity index is 1.73. The molecule has 0 spiro atoms. The Kier molecular flexibility index (Phi) is 4.00. The number of aromatic nitrogens is 1. The normalized spacial score (nSPS) is 15.1. The number of nitrogens with one attached hydrogen (secondary N) is 1. The van der Waals surface area contributed by atoms with Gasteiger partial charge in [-0.15, -0.1) is 0 Å². The van der Waals surface area contributed by atoms with E-state index in [1.54, 1.807) is 12.0 Å². The Morgan fingerprint density at radius 1 is 1.32 bits per heavy atom. The SMILES string of the molecule is COc1ccc2[nH]cc(CC(=O)N3CCN(C=O)CC3)c2c1. The fourth-order valence-electron chi connectivity index (χ4n) is 2.78. The maximum atomic E-state index is 12.4. The van der Waals surface area contributed by atoms with Gasteiger partial charge in [0.1, 0.15) is 5.75 Å². The van der Waals surface area contributed by atoms with Crippen molar-refractivity contribution in [2.45, 2.75) is 6.42 Å². The smallest absolute Gasteiger partial charge is 0.227 e. The van der Waals surface area contributed by atoms with Crippen LogP contribution >= 0.6 is 0 Å².